The maximum Gasteiger partial charge on any atom is 0.254 e. The minimum absolute atomic E-state index is 0.0830. The van der Waals surface area contributed by atoms with Gasteiger partial charge >= 0.3 is 0 Å². The first-order valence-electron chi connectivity index (χ1n) is 6.62. The number of hydrogen-bond acceptors (Lipinski definition) is 3. The minimum atomic E-state index is -2.99. The Morgan fingerprint density at radius 2 is 2.15 bits per heavy atom. The number of hydrogen-bond donors (Lipinski definition) is 0. The largest absolute Gasteiger partial charge is 0.335 e. The number of rotatable bonds is 3. The Morgan fingerprint density at radius 1 is 1.45 bits per heavy atom. The van der Waals surface area contributed by atoms with Crippen molar-refractivity contribution >= 4 is 31.7 Å². The van der Waals surface area contributed by atoms with Crippen LogP contribution in [0.1, 0.15) is 29.3 Å². The Hall–Kier alpha value is -0.880. The van der Waals surface area contributed by atoms with E-state index in [9.17, 15) is 13.2 Å². The molecule has 1 unspecified atom stereocenters. The molecule has 6 heteroatoms. The summed E-state index contributed by atoms with van der Waals surface area (Å²) < 4.78 is 24.1. The van der Waals surface area contributed by atoms with E-state index >= 15 is 0 Å². The smallest absolute Gasteiger partial charge is 0.254 e. The van der Waals surface area contributed by atoms with Gasteiger partial charge in [-0.1, -0.05) is 22.0 Å². The van der Waals surface area contributed by atoms with Gasteiger partial charge in [0.15, 0.2) is 9.84 Å². The van der Waals surface area contributed by atoms with Crippen molar-refractivity contribution in [3.63, 3.8) is 0 Å². The van der Waals surface area contributed by atoms with Crippen molar-refractivity contribution in [3.05, 3.63) is 33.8 Å². The molecule has 0 N–H and O–H groups in total. The van der Waals surface area contributed by atoms with Crippen LogP contribution in [0.5, 0.6) is 0 Å². The maximum atomic E-state index is 12.7. The summed E-state index contributed by atoms with van der Waals surface area (Å²) in [6.07, 6.45) is 0.537. The van der Waals surface area contributed by atoms with E-state index in [1.807, 2.05) is 26.0 Å². The molecule has 0 radical (unpaired) electrons. The predicted octanol–water partition coefficient (Wildman–Crippen LogP) is 2.41. The van der Waals surface area contributed by atoms with Crippen LogP contribution in [0, 0.1) is 6.92 Å². The van der Waals surface area contributed by atoms with Crippen LogP contribution in [-0.2, 0) is 9.84 Å². The molecular formula is C14H18BrNO3S. The fourth-order valence-corrected chi connectivity index (χ4v) is 4.68. The van der Waals surface area contributed by atoms with Crippen LogP contribution in [0.2, 0.25) is 0 Å². The summed E-state index contributed by atoms with van der Waals surface area (Å²) in [4.78, 5) is 14.3. The molecule has 1 aromatic rings. The monoisotopic (exact) mass is 359 g/mol. The molecule has 20 heavy (non-hydrogen) atoms. The lowest BCUT2D eigenvalue weighted by atomic mass is 10.1. The molecule has 1 aliphatic rings. The van der Waals surface area contributed by atoms with Crippen molar-refractivity contribution < 1.29 is 13.2 Å². The van der Waals surface area contributed by atoms with Gasteiger partial charge in [-0.25, -0.2) is 8.42 Å². The Kier molecular flexibility index (Phi) is 4.54. The molecule has 1 aromatic carbocycles. The van der Waals surface area contributed by atoms with E-state index in [0.717, 1.165) is 10.0 Å². The van der Waals surface area contributed by atoms with E-state index in [0.29, 0.717) is 18.5 Å². The van der Waals surface area contributed by atoms with Crippen LogP contribution in [-0.4, -0.2) is 43.3 Å². The zero-order valence-electron chi connectivity index (χ0n) is 11.6. The van der Waals surface area contributed by atoms with E-state index in [-0.39, 0.29) is 23.5 Å². The summed E-state index contributed by atoms with van der Waals surface area (Å²) in [6.45, 7) is 4.29. The van der Waals surface area contributed by atoms with E-state index < -0.39 is 9.84 Å². The highest BCUT2D eigenvalue weighted by atomic mass is 79.9. The molecular weight excluding hydrogens is 342 g/mol. The summed E-state index contributed by atoms with van der Waals surface area (Å²) in [7, 11) is -2.99. The van der Waals surface area contributed by atoms with Crippen LogP contribution in [0.3, 0.4) is 0 Å². The molecule has 4 nitrogen and oxygen atoms in total. The molecule has 110 valence electrons. The highest BCUT2D eigenvalue weighted by Gasteiger charge is 2.34. The molecule has 1 aliphatic heterocycles. The normalized spacial score (nSPS) is 20.9. The summed E-state index contributed by atoms with van der Waals surface area (Å²) >= 11 is 3.42. The van der Waals surface area contributed by atoms with Crippen LogP contribution in [0.25, 0.3) is 0 Å². The quantitative estimate of drug-likeness (QED) is 0.832. The molecule has 0 bridgehead atoms. The summed E-state index contributed by atoms with van der Waals surface area (Å²) in [5.41, 5.74) is 1.52. The lowest BCUT2D eigenvalue weighted by molar-refractivity contribution is 0.0707. The Bertz CT molecular complexity index is 627. The second-order valence-corrected chi connectivity index (χ2v) is 8.14. The van der Waals surface area contributed by atoms with Crippen LogP contribution >= 0.6 is 15.9 Å². The molecule has 1 amide bonds. The first-order chi connectivity index (χ1) is 9.35. The van der Waals surface area contributed by atoms with Crippen molar-refractivity contribution in [1.29, 1.82) is 0 Å². The number of nitrogens with zero attached hydrogens (tertiary/aromatic N) is 1. The molecule has 0 spiro atoms. The zero-order chi connectivity index (χ0) is 14.9. The lowest BCUT2D eigenvalue weighted by Crippen LogP contribution is -2.41. The topological polar surface area (TPSA) is 54.5 Å². The number of halogens is 1. The summed E-state index contributed by atoms with van der Waals surface area (Å²) in [5, 5.41) is 0. The number of carbonyl (C=O) groups excluding carboxylic acids is 1. The van der Waals surface area contributed by atoms with Gasteiger partial charge < -0.3 is 4.90 Å². The number of amides is 1. The summed E-state index contributed by atoms with van der Waals surface area (Å²) in [6, 6.07) is 5.30. The SMILES string of the molecule is CCN(C(=O)c1cccc(Br)c1C)C1CCS(=O)(=O)C1. The van der Waals surface area contributed by atoms with Crippen molar-refractivity contribution in [1.82, 2.24) is 4.90 Å². The molecule has 1 heterocycles. The van der Waals surface area contributed by atoms with Gasteiger partial charge in [0, 0.05) is 22.6 Å². The van der Waals surface area contributed by atoms with Gasteiger partial charge in [-0.15, -0.1) is 0 Å². The van der Waals surface area contributed by atoms with Gasteiger partial charge in [-0.2, -0.15) is 0 Å². The standard InChI is InChI=1S/C14H18BrNO3S/c1-3-16(11-7-8-20(18,19)9-11)14(17)12-5-4-6-13(15)10(12)2/h4-6,11H,3,7-9H2,1-2H3. The number of carbonyl (C=O) groups is 1. The van der Waals surface area contributed by atoms with Crippen molar-refractivity contribution in [2.75, 3.05) is 18.1 Å². The van der Waals surface area contributed by atoms with E-state index in [2.05, 4.69) is 15.9 Å². The second kappa shape index (κ2) is 5.85. The molecule has 0 aliphatic carbocycles. The van der Waals surface area contributed by atoms with Gasteiger partial charge in [0.1, 0.15) is 0 Å². The third-order valence-electron chi connectivity index (χ3n) is 3.75. The van der Waals surface area contributed by atoms with E-state index in [1.54, 1.807) is 11.0 Å². The third kappa shape index (κ3) is 3.06. The molecule has 1 saturated heterocycles. The molecule has 1 fully saturated rings. The number of benzene rings is 1. The highest BCUT2D eigenvalue weighted by molar-refractivity contribution is 9.10. The van der Waals surface area contributed by atoms with Gasteiger partial charge in [-0.3, -0.25) is 4.79 Å². The average molecular weight is 360 g/mol. The minimum Gasteiger partial charge on any atom is -0.335 e. The highest BCUT2D eigenvalue weighted by Crippen LogP contribution is 2.24. The molecule has 0 aromatic heterocycles. The van der Waals surface area contributed by atoms with Crippen LogP contribution < -0.4 is 0 Å². The Balaban J connectivity index is 2.28. The first-order valence-corrected chi connectivity index (χ1v) is 9.23. The van der Waals surface area contributed by atoms with Gasteiger partial charge in [0.2, 0.25) is 0 Å². The average Bonchev–Trinajstić information content (AvgIpc) is 2.74. The number of sulfone groups is 1. The first kappa shape index (κ1) is 15.5. The lowest BCUT2D eigenvalue weighted by Gasteiger charge is -2.27. The maximum absolute atomic E-state index is 12.7. The summed E-state index contributed by atoms with van der Waals surface area (Å²) in [5.74, 6) is 0.173. The molecule has 1 atom stereocenters. The van der Waals surface area contributed by atoms with Crippen molar-refractivity contribution in [3.8, 4) is 0 Å². The van der Waals surface area contributed by atoms with Crippen molar-refractivity contribution in [2.45, 2.75) is 26.3 Å². The van der Waals surface area contributed by atoms with Crippen molar-refractivity contribution in [2.24, 2.45) is 0 Å². The fraction of sp³-hybridized carbons (Fsp3) is 0.500. The molecule has 0 saturated carbocycles. The van der Waals surface area contributed by atoms with Crippen LogP contribution in [0.15, 0.2) is 22.7 Å². The third-order valence-corrected chi connectivity index (χ3v) is 6.36. The van der Waals surface area contributed by atoms with Gasteiger partial charge in [0.25, 0.3) is 5.91 Å². The predicted molar refractivity (Wildman–Crippen MR) is 82.6 cm³/mol. The Morgan fingerprint density at radius 3 is 2.70 bits per heavy atom. The van der Waals surface area contributed by atoms with E-state index in [4.69, 9.17) is 0 Å². The van der Waals surface area contributed by atoms with Crippen LogP contribution in [0.4, 0.5) is 0 Å². The fourth-order valence-electron chi connectivity index (χ4n) is 2.58. The second-order valence-electron chi connectivity index (χ2n) is 5.06. The Labute approximate surface area is 128 Å². The zero-order valence-corrected chi connectivity index (χ0v) is 14.0. The van der Waals surface area contributed by atoms with Gasteiger partial charge in [-0.05, 0) is 38.0 Å². The van der Waals surface area contributed by atoms with E-state index in [1.165, 1.54) is 0 Å². The molecule has 2 rings (SSSR count). The van der Waals surface area contributed by atoms with Gasteiger partial charge in [0.05, 0.1) is 11.5 Å².